The highest BCUT2D eigenvalue weighted by atomic mass is 28.2. The highest BCUT2D eigenvalue weighted by molar-refractivity contribution is 6.35. The van der Waals surface area contributed by atoms with Gasteiger partial charge in [0.05, 0.1) is 6.61 Å². The van der Waals surface area contributed by atoms with E-state index in [9.17, 15) is 9.59 Å². The van der Waals surface area contributed by atoms with Gasteiger partial charge in [-0.2, -0.15) is 0 Å². The van der Waals surface area contributed by atoms with Crippen LogP contribution in [-0.2, 0) is 14.3 Å². The molecular weight excluding hydrogens is 284 g/mol. The molecule has 0 atom stereocenters. The van der Waals surface area contributed by atoms with Crippen LogP contribution in [0.5, 0.6) is 0 Å². The fraction of sp³-hybridized carbons (Fsp3) is 0.750. The lowest BCUT2D eigenvalue weighted by Crippen LogP contribution is -2.03. The third-order valence-corrected chi connectivity index (χ3v) is 5.35. The third kappa shape index (κ3) is 16.8. The summed E-state index contributed by atoms with van der Waals surface area (Å²) >= 11 is 0. The van der Waals surface area contributed by atoms with Crippen molar-refractivity contribution >= 4 is 21.5 Å². The first-order chi connectivity index (χ1) is 10.2. The van der Waals surface area contributed by atoms with Crippen LogP contribution in [0.25, 0.3) is 0 Å². The Morgan fingerprint density at radius 3 is 2.19 bits per heavy atom. The molecule has 0 saturated carbocycles. The Bertz CT molecular complexity index is 303. The van der Waals surface area contributed by atoms with E-state index in [0.717, 1.165) is 25.0 Å². The highest BCUT2D eigenvalue weighted by Crippen LogP contribution is 2.07. The maximum absolute atomic E-state index is 11.1. The van der Waals surface area contributed by atoms with Gasteiger partial charge in [0.15, 0.2) is 0 Å². The molecule has 0 unspecified atom stereocenters. The summed E-state index contributed by atoms with van der Waals surface area (Å²) in [6, 6.07) is 2.93. The molecule has 0 rings (SSSR count). The summed E-state index contributed by atoms with van der Waals surface area (Å²) in [7, 11) is 0.166. The maximum atomic E-state index is 11.1. The summed E-state index contributed by atoms with van der Waals surface area (Å²) in [6.07, 6.45) is 11.8. The molecule has 0 aliphatic heterocycles. The molecule has 0 saturated heterocycles. The van der Waals surface area contributed by atoms with Crippen LogP contribution in [0.3, 0.4) is 0 Å². The van der Waals surface area contributed by atoms with Crippen molar-refractivity contribution in [3.63, 3.8) is 0 Å². The van der Waals surface area contributed by atoms with E-state index in [4.69, 9.17) is 9.84 Å². The van der Waals surface area contributed by atoms with Crippen LogP contribution in [0.4, 0.5) is 0 Å². The van der Waals surface area contributed by atoms with Gasteiger partial charge < -0.3 is 9.84 Å². The Kier molecular flexibility index (Phi) is 14.5. The van der Waals surface area contributed by atoms with E-state index in [2.05, 4.69) is 6.92 Å². The van der Waals surface area contributed by atoms with Crippen molar-refractivity contribution < 1.29 is 19.4 Å². The third-order valence-electron chi connectivity index (χ3n) is 3.35. The van der Waals surface area contributed by atoms with Crippen LogP contribution in [0.1, 0.15) is 58.3 Å². The molecule has 0 heterocycles. The average Bonchev–Trinajstić information content (AvgIpc) is 2.46. The Balaban J connectivity index is 3.19. The molecule has 0 aromatic rings. The van der Waals surface area contributed by atoms with Gasteiger partial charge in [-0.3, -0.25) is 0 Å². The van der Waals surface area contributed by atoms with E-state index >= 15 is 0 Å². The molecule has 122 valence electrons. The second-order valence-electron chi connectivity index (χ2n) is 5.37. The van der Waals surface area contributed by atoms with Gasteiger partial charge in [-0.15, -0.1) is 0 Å². The molecule has 21 heavy (non-hydrogen) atoms. The van der Waals surface area contributed by atoms with Gasteiger partial charge in [-0.05, 0) is 6.42 Å². The summed E-state index contributed by atoms with van der Waals surface area (Å²) < 4.78 is 4.89. The number of ether oxygens (including phenoxy) is 1. The number of carbonyl (C=O) groups is 2. The molecule has 5 heteroatoms. The normalized spacial score (nSPS) is 11.5. The molecule has 0 aromatic heterocycles. The molecule has 0 aliphatic rings. The fourth-order valence-electron chi connectivity index (χ4n) is 2.13. The number of carboxylic acid groups (broad SMARTS) is 1. The fourth-order valence-corrected chi connectivity index (χ4v) is 3.89. The van der Waals surface area contributed by atoms with E-state index in [1.165, 1.54) is 50.6 Å². The van der Waals surface area contributed by atoms with E-state index < -0.39 is 11.9 Å². The molecule has 0 fully saturated rings. The molecule has 1 N–H and O–H groups in total. The minimum atomic E-state index is -1.13. The molecule has 0 amide bonds. The van der Waals surface area contributed by atoms with Crippen LogP contribution in [0, 0.1) is 0 Å². The lowest BCUT2D eigenvalue weighted by molar-refractivity contribution is -0.138. The quantitative estimate of drug-likeness (QED) is 0.231. The van der Waals surface area contributed by atoms with Gasteiger partial charge in [-0.1, -0.05) is 64.0 Å². The number of aliphatic carboxylic acids is 1. The number of carbonyl (C=O) groups excluding carboxylic acids is 1. The summed E-state index contributed by atoms with van der Waals surface area (Å²) in [5, 5.41) is 8.34. The van der Waals surface area contributed by atoms with Crippen molar-refractivity contribution in [1.29, 1.82) is 0 Å². The molecule has 0 aliphatic carbocycles. The smallest absolute Gasteiger partial charge is 0.331 e. The number of carboxylic acids is 1. The first-order valence-corrected chi connectivity index (χ1v) is 10.2. The molecule has 0 radical (unpaired) electrons. The zero-order valence-electron chi connectivity index (χ0n) is 13.3. The first-order valence-electron chi connectivity index (χ1n) is 8.24. The standard InChI is InChI=1S/C16H30O4Si/c1-2-3-4-8-13-21-14-9-6-5-7-12-20-16(19)11-10-15(17)18/h10-11H,2-9,12-14,21H2,1H3,(H,17,18)/b11-10-. The predicted molar refractivity (Wildman–Crippen MR) is 88.5 cm³/mol. The zero-order valence-corrected chi connectivity index (χ0v) is 14.7. The number of rotatable bonds is 14. The predicted octanol–water partition coefficient (Wildman–Crippen LogP) is 3.32. The van der Waals surface area contributed by atoms with Crippen LogP contribution >= 0.6 is 0 Å². The van der Waals surface area contributed by atoms with Crippen molar-refractivity contribution in [3.05, 3.63) is 12.2 Å². The number of hydrogen-bond donors (Lipinski definition) is 1. The first kappa shape index (κ1) is 19.9. The van der Waals surface area contributed by atoms with Crippen molar-refractivity contribution in [1.82, 2.24) is 0 Å². The minimum absolute atomic E-state index is 0.166. The molecule has 4 nitrogen and oxygen atoms in total. The molecule has 0 aromatic carbocycles. The van der Waals surface area contributed by atoms with E-state index in [1.54, 1.807) is 0 Å². The number of unbranched alkanes of at least 4 members (excludes halogenated alkanes) is 6. The minimum Gasteiger partial charge on any atom is -0.478 e. The van der Waals surface area contributed by atoms with E-state index in [0.29, 0.717) is 6.61 Å². The summed E-state index contributed by atoms with van der Waals surface area (Å²) in [5.41, 5.74) is 0. The van der Waals surface area contributed by atoms with Gasteiger partial charge >= 0.3 is 11.9 Å². The molecule has 0 bridgehead atoms. The van der Waals surface area contributed by atoms with Gasteiger partial charge in [0.25, 0.3) is 0 Å². The highest BCUT2D eigenvalue weighted by Gasteiger charge is 1.98. The Hall–Kier alpha value is -1.10. The van der Waals surface area contributed by atoms with Gasteiger partial charge in [0.1, 0.15) is 0 Å². The zero-order chi connectivity index (χ0) is 15.8. The van der Waals surface area contributed by atoms with Crippen LogP contribution < -0.4 is 0 Å². The molecular formula is C16H30O4Si. The number of esters is 1. The van der Waals surface area contributed by atoms with Crippen LogP contribution in [0.15, 0.2) is 12.2 Å². The Labute approximate surface area is 130 Å². The van der Waals surface area contributed by atoms with Crippen molar-refractivity contribution in [2.45, 2.75) is 70.4 Å². The lowest BCUT2D eigenvalue weighted by atomic mass is 10.2. The van der Waals surface area contributed by atoms with Crippen LogP contribution in [0.2, 0.25) is 12.1 Å². The molecule has 0 spiro atoms. The Morgan fingerprint density at radius 2 is 1.57 bits per heavy atom. The van der Waals surface area contributed by atoms with Crippen molar-refractivity contribution in [3.8, 4) is 0 Å². The second-order valence-corrected chi connectivity index (χ2v) is 7.50. The van der Waals surface area contributed by atoms with Crippen molar-refractivity contribution in [2.24, 2.45) is 0 Å². The Morgan fingerprint density at radius 1 is 0.952 bits per heavy atom. The van der Waals surface area contributed by atoms with Gasteiger partial charge in [0.2, 0.25) is 0 Å². The maximum Gasteiger partial charge on any atom is 0.331 e. The van der Waals surface area contributed by atoms with E-state index in [-0.39, 0.29) is 9.52 Å². The second kappa shape index (κ2) is 15.3. The summed E-state index contributed by atoms with van der Waals surface area (Å²) in [5.74, 6) is -1.71. The lowest BCUT2D eigenvalue weighted by Gasteiger charge is -2.03. The van der Waals surface area contributed by atoms with Gasteiger partial charge in [-0.25, -0.2) is 9.59 Å². The van der Waals surface area contributed by atoms with Crippen molar-refractivity contribution in [2.75, 3.05) is 6.61 Å². The number of hydrogen-bond acceptors (Lipinski definition) is 3. The largest absolute Gasteiger partial charge is 0.478 e. The van der Waals surface area contributed by atoms with Gasteiger partial charge in [0, 0.05) is 21.7 Å². The van der Waals surface area contributed by atoms with Crippen LogP contribution in [-0.4, -0.2) is 33.2 Å². The summed E-state index contributed by atoms with van der Waals surface area (Å²) in [4.78, 5) is 21.3. The topological polar surface area (TPSA) is 63.6 Å². The monoisotopic (exact) mass is 314 g/mol. The SMILES string of the molecule is CCCCCC[SiH2]CCCCCCOC(=O)/C=C\C(=O)O. The van der Waals surface area contributed by atoms with E-state index in [1.807, 2.05) is 0 Å². The summed E-state index contributed by atoms with van der Waals surface area (Å²) in [6.45, 7) is 2.63. The average molecular weight is 314 g/mol.